The molecule has 4 rings (SSSR count). The maximum atomic E-state index is 13.5. The topological polar surface area (TPSA) is 51.5 Å². The van der Waals surface area contributed by atoms with Crippen molar-refractivity contribution in [2.24, 2.45) is 0 Å². The second kappa shape index (κ2) is 9.12. The molecule has 0 saturated carbocycles. The summed E-state index contributed by atoms with van der Waals surface area (Å²) in [5.41, 5.74) is 5.58. The summed E-state index contributed by atoms with van der Waals surface area (Å²) in [6.45, 7) is 7.73. The van der Waals surface area contributed by atoms with Crippen molar-refractivity contribution < 1.29 is 14.3 Å². The zero-order valence-electron chi connectivity index (χ0n) is 19.1. The molecule has 5 nitrogen and oxygen atoms in total. The van der Waals surface area contributed by atoms with Gasteiger partial charge in [-0.05, 0) is 75.7 Å². The van der Waals surface area contributed by atoms with Crippen LogP contribution < -0.4 is 4.90 Å². The molecule has 33 heavy (non-hydrogen) atoms. The number of para-hydroxylation sites is 1. The van der Waals surface area contributed by atoms with Gasteiger partial charge in [-0.25, -0.2) is 4.79 Å². The number of aromatic nitrogens is 1. The number of anilines is 1. The van der Waals surface area contributed by atoms with Crippen LogP contribution in [0.3, 0.4) is 0 Å². The Balaban J connectivity index is 1.85. The fourth-order valence-electron chi connectivity index (χ4n) is 4.27. The van der Waals surface area contributed by atoms with Gasteiger partial charge in [0.15, 0.2) is 0 Å². The monoisotopic (exact) mass is 460 g/mol. The molecule has 0 unspecified atom stereocenters. The molecular weight excluding hydrogens is 436 g/mol. The summed E-state index contributed by atoms with van der Waals surface area (Å²) in [5.74, 6) is -0.758. The number of aryl methyl sites for hydroxylation is 1. The van der Waals surface area contributed by atoms with Crippen molar-refractivity contribution in [3.63, 3.8) is 0 Å². The number of ether oxygens (including phenoxy) is 1. The molecule has 168 valence electrons. The zero-order valence-corrected chi connectivity index (χ0v) is 19.8. The predicted molar refractivity (Wildman–Crippen MR) is 131 cm³/mol. The Labute approximate surface area is 198 Å². The number of nitrogens with zero attached hydrogens (tertiary/aromatic N) is 2. The fourth-order valence-corrected chi connectivity index (χ4v) is 4.46. The molecule has 1 aromatic heterocycles. The van der Waals surface area contributed by atoms with Gasteiger partial charge < -0.3 is 9.30 Å². The number of hydrogen-bond donors (Lipinski definition) is 0. The van der Waals surface area contributed by atoms with E-state index in [4.69, 9.17) is 16.3 Å². The molecule has 0 saturated heterocycles. The average Bonchev–Trinajstić information content (AvgIpc) is 3.20. The maximum Gasteiger partial charge on any atom is 0.340 e. The van der Waals surface area contributed by atoms with Crippen molar-refractivity contribution in [3.8, 4) is 5.69 Å². The Morgan fingerprint density at radius 1 is 1.00 bits per heavy atom. The maximum absolute atomic E-state index is 13.5. The van der Waals surface area contributed by atoms with E-state index in [0.29, 0.717) is 27.6 Å². The van der Waals surface area contributed by atoms with Crippen LogP contribution in [-0.2, 0) is 14.3 Å². The number of carbonyl (C=O) groups is 2. The van der Waals surface area contributed by atoms with E-state index in [1.807, 2.05) is 74.5 Å². The molecule has 0 N–H and O–H groups in total. The third-order valence-electron chi connectivity index (χ3n) is 5.73. The third kappa shape index (κ3) is 4.12. The van der Waals surface area contributed by atoms with Crippen molar-refractivity contribution in [3.05, 3.63) is 99.5 Å². The largest absolute Gasteiger partial charge is 0.462 e. The van der Waals surface area contributed by atoms with Crippen molar-refractivity contribution >= 4 is 35.2 Å². The molecule has 2 heterocycles. The number of rotatable bonds is 5. The van der Waals surface area contributed by atoms with E-state index in [0.717, 1.165) is 22.6 Å². The summed E-state index contributed by atoms with van der Waals surface area (Å²) in [5, 5.41) is 0.646. The van der Waals surface area contributed by atoms with Gasteiger partial charge in [-0.3, -0.25) is 9.69 Å². The SMILES string of the molecule is CCOC(=O)C1=C(C)N(c2ccccc2)C(=O)/C1=C\c1cc(C)n(-c2cccc(Cl)c2)c1C. The van der Waals surface area contributed by atoms with Crippen molar-refractivity contribution in [1.29, 1.82) is 0 Å². The van der Waals surface area contributed by atoms with Crippen molar-refractivity contribution in [2.75, 3.05) is 11.5 Å². The van der Waals surface area contributed by atoms with E-state index in [1.54, 1.807) is 24.8 Å². The molecule has 6 heteroatoms. The first-order valence-electron chi connectivity index (χ1n) is 10.8. The van der Waals surface area contributed by atoms with Gasteiger partial charge in [-0.15, -0.1) is 0 Å². The Morgan fingerprint density at radius 2 is 1.70 bits per heavy atom. The van der Waals surface area contributed by atoms with Crippen LogP contribution in [-0.4, -0.2) is 23.1 Å². The van der Waals surface area contributed by atoms with Gasteiger partial charge in [-0.1, -0.05) is 35.9 Å². The van der Waals surface area contributed by atoms with Crippen LogP contribution in [0.25, 0.3) is 11.8 Å². The first-order valence-corrected chi connectivity index (χ1v) is 11.2. The molecule has 0 fully saturated rings. The molecule has 2 aromatic carbocycles. The lowest BCUT2D eigenvalue weighted by atomic mass is 10.0. The number of benzene rings is 2. The van der Waals surface area contributed by atoms with Crippen LogP contribution in [0.2, 0.25) is 5.02 Å². The molecule has 1 aliphatic heterocycles. The number of hydrogen-bond acceptors (Lipinski definition) is 3. The highest BCUT2D eigenvalue weighted by molar-refractivity contribution is 6.30. The highest BCUT2D eigenvalue weighted by Crippen LogP contribution is 2.36. The lowest BCUT2D eigenvalue weighted by Gasteiger charge is -2.17. The molecule has 0 spiro atoms. The lowest BCUT2D eigenvalue weighted by Crippen LogP contribution is -2.24. The molecule has 1 aliphatic rings. The number of amides is 1. The molecule has 0 aliphatic carbocycles. The average molecular weight is 461 g/mol. The van der Waals surface area contributed by atoms with Crippen LogP contribution in [0, 0.1) is 13.8 Å². The van der Waals surface area contributed by atoms with E-state index in [1.165, 1.54) is 0 Å². The molecule has 1 amide bonds. The van der Waals surface area contributed by atoms with Crippen molar-refractivity contribution in [1.82, 2.24) is 4.57 Å². The Morgan fingerprint density at radius 3 is 2.36 bits per heavy atom. The highest BCUT2D eigenvalue weighted by Gasteiger charge is 2.38. The lowest BCUT2D eigenvalue weighted by molar-refractivity contribution is -0.138. The summed E-state index contributed by atoms with van der Waals surface area (Å²) < 4.78 is 7.38. The summed E-state index contributed by atoms with van der Waals surface area (Å²) in [6, 6.07) is 18.9. The van der Waals surface area contributed by atoms with Crippen LogP contribution in [0.4, 0.5) is 5.69 Å². The summed E-state index contributed by atoms with van der Waals surface area (Å²) in [4.78, 5) is 28.0. The first-order chi connectivity index (χ1) is 15.8. The number of allylic oxidation sites excluding steroid dienone is 1. The van der Waals surface area contributed by atoms with Crippen LogP contribution >= 0.6 is 11.6 Å². The highest BCUT2D eigenvalue weighted by atomic mass is 35.5. The van der Waals surface area contributed by atoms with Crippen molar-refractivity contribution in [2.45, 2.75) is 27.7 Å². The number of esters is 1. The van der Waals surface area contributed by atoms with Gasteiger partial charge in [0.2, 0.25) is 0 Å². The number of halogens is 1. The quantitative estimate of drug-likeness (QED) is 0.346. The minimum atomic E-state index is -0.503. The standard InChI is InChI=1S/C27H25ClN2O3/c1-5-33-27(32)25-19(4)30(22-11-7-6-8-12-22)26(31)24(25)15-20-14-17(2)29(18(20)3)23-13-9-10-21(28)16-23/h6-16H,5H2,1-4H3/b24-15-. The van der Waals surface area contributed by atoms with E-state index < -0.39 is 5.97 Å². The van der Waals surface area contributed by atoms with E-state index in [9.17, 15) is 9.59 Å². The predicted octanol–water partition coefficient (Wildman–Crippen LogP) is 6.01. The van der Waals surface area contributed by atoms with Crippen LogP contribution in [0.5, 0.6) is 0 Å². The van der Waals surface area contributed by atoms with Gasteiger partial charge >= 0.3 is 5.97 Å². The Hall–Kier alpha value is -3.57. The van der Waals surface area contributed by atoms with E-state index >= 15 is 0 Å². The second-order valence-electron chi connectivity index (χ2n) is 7.86. The molecular formula is C27H25ClN2O3. The number of carbonyl (C=O) groups excluding carboxylic acids is 2. The summed E-state index contributed by atoms with van der Waals surface area (Å²) in [6.07, 6.45) is 1.78. The van der Waals surface area contributed by atoms with Crippen LogP contribution in [0.1, 0.15) is 30.8 Å². The van der Waals surface area contributed by atoms with E-state index in [-0.39, 0.29) is 12.5 Å². The minimum Gasteiger partial charge on any atom is -0.462 e. The Bertz CT molecular complexity index is 1300. The van der Waals surface area contributed by atoms with Gasteiger partial charge in [0.25, 0.3) is 5.91 Å². The normalized spacial score (nSPS) is 15.0. The smallest absolute Gasteiger partial charge is 0.340 e. The molecule has 3 aromatic rings. The van der Waals surface area contributed by atoms with E-state index in [2.05, 4.69) is 4.57 Å². The third-order valence-corrected chi connectivity index (χ3v) is 5.97. The molecule has 0 bridgehead atoms. The summed E-state index contributed by atoms with van der Waals surface area (Å²) in [7, 11) is 0. The van der Waals surface area contributed by atoms with Gasteiger partial charge in [0.05, 0.1) is 17.8 Å². The first kappa shape index (κ1) is 22.6. The molecule has 0 radical (unpaired) electrons. The minimum absolute atomic E-state index is 0.228. The summed E-state index contributed by atoms with van der Waals surface area (Å²) >= 11 is 6.20. The second-order valence-corrected chi connectivity index (χ2v) is 8.29. The fraction of sp³-hybridized carbons (Fsp3) is 0.185. The van der Waals surface area contributed by atoms with Gasteiger partial charge in [0, 0.05) is 33.5 Å². The zero-order chi connectivity index (χ0) is 23.7. The molecule has 0 atom stereocenters. The van der Waals surface area contributed by atoms with Gasteiger partial charge in [-0.2, -0.15) is 0 Å². The Kier molecular flexibility index (Phi) is 6.25. The van der Waals surface area contributed by atoms with Crippen LogP contribution in [0.15, 0.2) is 77.5 Å². The van der Waals surface area contributed by atoms with Gasteiger partial charge in [0.1, 0.15) is 0 Å².